The van der Waals surface area contributed by atoms with Crippen LogP contribution in [0, 0.1) is 0 Å². The van der Waals surface area contributed by atoms with Crippen molar-refractivity contribution in [3.63, 3.8) is 0 Å². The molecule has 1 aliphatic carbocycles. The first kappa shape index (κ1) is 17.0. The van der Waals surface area contributed by atoms with Crippen LogP contribution in [0.5, 0.6) is 0 Å². The van der Waals surface area contributed by atoms with Crippen molar-refractivity contribution in [3.8, 4) is 0 Å². The maximum Gasteiger partial charge on any atom is 0.240 e. The van der Waals surface area contributed by atoms with Gasteiger partial charge in [-0.3, -0.25) is 9.59 Å². The van der Waals surface area contributed by atoms with Gasteiger partial charge in [-0.15, -0.1) is 0 Å². The van der Waals surface area contributed by atoms with Crippen molar-refractivity contribution in [1.82, 2.24) is 10.4 Å². The molecule has 1 amide bonds. The van der Waals surface area contributed by atoms with E-state index in [1.807, 2.05) is 48.7 Å². The van der Waals surface area contributed by atoms with Crippen molar-refractivity contribution < 1.29 is 9.59 Å². The maximum absolute atomic E-state index is 12.3. The zero-order valence-corrected chi connectivity index (χ0v) is 15.0. The van der Waals surface area contributed by atoms with E-state index in [0.717, 1.165) is 22.0 Å². The van der Waals surface area contributed by atoms with Gasteiger partial charge < -0.3 is 4.98 Å². The second kappa shape index (κ2) is 7.03. The molecular formula is C22H19N3O2. The van der Waals surface area contributed by atoms with Crippen LogP contribution in [-0.4, -0.2) is 22.4 Å². The van der Waals surface area contributed by atoms with E-state index >= 15 is 0 Å². The average Bonchev–Trinajstić information content (AvgIpc) is 3.11. The SMILES string of the molecule is CC1=C/C(=N/NC(=O)CCc2c[nH]c3ccccc23)c2ccccc2C1=O. The van der Waals surface area contributed by atoms with E-state index in [-0.39, 0.29) is 11.7 Å². The molecule has 0 spiro atoms. The highest BCUT2D eigenvalue weighted by Crippen LogP contribution is 2.21. The second-order valence-electron chi connectivity index (χ2n) is 6.59. The molecule has 1 aromatic heterocycles. The van der Waals surface area contributed by atoms with Gasteiger partial charge in [-0.25, -0.2) is 5.43 Å². The van der Waals surface area contributed by atoms with Crippen molar-refractivity contribution in [2.75, 3.05) is 0 Å². The Morgan fingerprint density at radius 2 is 1.81 bits per heavy atom. The molecule has 1 heterocycles. The number of carbonyl (C=O) groups excluding carboxylic acids is 2. The average molecular weight is 357 g/mol. The fraction of sp³-hybridized carbons (Fsp3) is 0.136. The summed E-state index contributed by atoms with van der Waals surface area (Å²) in [5, 5.41) is 5.39. The molecule has 0 atom stereocenters. The molecule has 2 N–H and O–H groups in total. The predicted octanol–water partition coefficient (Wildman–Crippen LogP) is 3.76. The summed E-state index contributed by atoms with van der Waals surface area (Å²) in [4.78, 5) is 27.7. The Hall–Kier alpha value is -3.47. The molecule has 5 nitrogen and oxygen atoms in total. The predicted molar refractivity (Wildman–Crippen MR) is 106 cm³/mol. The molecule has 5 heteroatoms. The first-order chi connectivity index (χ1) is 13.1. The van der Waals surface area contributed by atoms with Crippen LogP contribution in [-0.2, 0) is 11.2 Å². The second-order valence-corrected chi connectivity index (χ2v) is 6.59. The highest BCUT2D eigenvalue weighted by molar-refractivity contribution is 6.26. The Labute approximate surface area is 156 Å². The van der Waals surface area contributed by atoms with Crippen molar-refractivity contribution >= 4 is 28.3 Å². The number of hydrazone groups is 1. The number of hydrogen-bond donors (Lipinski definition) is 2. The van der Waals surface area contributed by atoms with Gasteiger partial charge in [-0.2, -0.15) is 5.10 Å². The molecule has 4 rings (SSSR count). The first-order valence-corrected chi connectivity index (χ1v) is 8.87. The molecule has 134 valence electrons. The minimum atomic E-state index is -0.159. The fourth-order valence-corrected chi connectivity index (χ4v) is 3.32. The number of rotatable bonds is 4. The van der Waals surface area contributed by atoms with Gasteiger partial charge >= 0.3 is 0 Å². The zero-order chi connectivity index (χ0) is 18.8. The monoisotopic (exact) mass is 357 g/mol. The number of aromatic amines is 1. The number of nitrogens with one attached hydrogen (secondary N) is 2. The summed E-state index contributed by atoms with van der Waals surface area (Å²) in [6.07, 6.45) is 4.62. The molecule has 1 aliphatic rings. The molecule has 0 fully saturated rings. The van der Waals surface area contributed by atoms with E-state index in [9.17, 15) is 9.59 Å². The normalized spacial score (nSPS) is 14.9. The number of benzene rings is 2. The summed E-state index contributed by atoms with van der Waals surface area (Å²) in [5.74, 6) is -0.163. The van der Waals surface area contributed by atoms with Gasteiger partial charge in [-0.05, 0) is 36.6 Å². The van der Waals surface area contributed by atoms with Gasteiger partial charge in [0.05, 0.1) is 5.71 Å². The molecule has 0 bridgehead atoms. The van der Waals surface area contributed by atoms with Gasteiger partial charge in [0, 0.05) is 34.6 Å². The van der Waals surface area contributed by atoms with Gasteiger partial charge in [0.15, 0.2) is 5.78 Å². The number of para-hydroxylation sites is 1. The van der Waals surface area contributed by atoms with E-state index in [0.29, 0.717) is 29.7 Å². The summed E-state index contributed by atoms with van der Waals surface area (Å²) in [5.41, 5.74) is 7.37. The van der Waals surface area contributed by atoms with Crippen molar-refractivity contribution in [3.05, 3.63) is 83.1 Å². The minimum absolute atomic E-state index is 0.00443. The lowest BCUT2D eigenvalue weighted by Crippen LogP contribution is -2.23. The number of nitrogens with zero attached hydrogens (tertiary/aromatic N) is 1. The standard InChI is InChI=1S/C22H19N3O2/c1-14-12-20(17-7-2-3-8-18(17)22(14)27)24-25-21(26)11-10-15-13-23-19-9-5-4-6-16(15)19/h2-9,12-13,23H,10-11H2,1H3,(H,25,26)/b24-20-. The largest absolute Gasteiger partial charge is 0.361 e. The number of aryl methyl sites for hydroxylation is 1. The molecule has 0 saturated heterocycles. The van der Waals surface area contributed by atoms with Gasteiger partial charge in [0.1, 0.15) is 0 Å². The molecule has 0 unspecified atom stereocenters. The molecule has 27 heavy (non-hydrogen) atoms. The number of amides is 1. The van der Waals surface area contributed by atoms with E-state index in [4.69, 9.17) is 0 Å². The molecule has 0 saturated carbocycles. The topological polar surface area (TPSA) is 74.3 Å². The summed E-state index contributed by atoms with van der Waals surface area (Å²) < 4.78 is 0. The summed E-state index contributed by atoms with van der Waals surface area (Å²) in [6.45, 7) is 1.76. The maximum atomic E-state index is 12.3. The van der Waals surface area contributed by atoms with E-state index in [1.165, 1.54) is 0 Å². The van der Waals surface area contributed by atoms with E-state index in [2.05, 4.69) is 15.5 Å². The van der Waals surface area contributed by atoms with Crippen molar-refractivity contribution in [1.29, 1.82) is 0 Å². The van der Waals surface area contributed by atoms with Crippen LogP contribution in [0.4, 0.5) is 0 Å². The highest BCUT2D eigenvalue weighted by atomic mass is 16.2. The van der Waals surface area contributed by atoms with Crippen molar-refractivity contribution in [2.45, 2.75) is 19.8 Å². The quantitative estimate of drug-likeness (QED) is 0.698. The first-order valence-electron chi connectivity index (χ1n) is 8.87. The van der Waals surface area contributed by atoms with Gasteiger partial charge in [-0.1, -0.05) is 42.5 Å². The highest BCUT2D eigenvalue weighted by Gasteiger charge is 2.21. The van der Waals surface area contributed by atoms with Crippen molar-refractivity contribution in [2.24, 2.45) is 5.10 Å². The number of fused-ring (bicyclic) bond motifs is 2. The third-order valence-electron chi connectivity index (χ3n) is 4.76. The molecule has 2 aromatic carbocycles. The zero-order valence-electron chi connectivity index (χ0n) is 15.0. The Kier molecular flexibility index (Phi) is 4.42. The fourth-order valence-electron chi connectivity index (χ4n) is 3.32. The van der Waals surface area contributed by atoms with Gasteiger partial charge in [0.25, 0.3) is 0 Å². The molecule has 0 aliphatic heterocycles. The third kappa shape index (κ3) is 3.31. The van der Waals surface area contributed by atoms with Crippen LogP contribution in [0.15, 0.2) is 71.5 Å². The number of carbonyl (C=O) groups is 2. The lowest BCUT2D eigenvalue weighted by atomic mass is 9.90. The number of aromatic nitrogens is 1. The van der Waals surface area contributed by atoms with Crippen LogP contribution in [0.3, 0.4) is 0 Å². The molecule has 0 radical (unpaired) electrons. The van der Waals surface area contributed by atoms with Crippen LogP contribution in [0.1, 0.15) is 34.8 Å². The Bertz CT molecular complexity index is 1110. The summed E-state index contributed by atoms with van der Waals surface area (Å²) >= 11 is 0. The molecular weight excluding hydrogens is 338 g/mol. The van der Waals surface area contributed by atoms with Crippen LogP contribution in [0.2, 0.25) is 0 Å². The number of hydrogen-bond acceptors (Lipinski definition) is 3. The Morgan fingerprint density at radius 1 is 1.07 bits per heavy atom. The Balaban J connectivity index is 1.46. The van der Waals surface area contributed by atoms with E-state index in [1.54, 1.807) is 19.1 Å². The number of H-pyrrole nitrogens is 1. The lowest BCUT2D eigenvalue weighted by Gasteiger charge is -2.15. The smallest absolute Gasteiger partial charge is 0.240 e. The minimum Gasteiger partial charge on any atom is -0.361 e. The number of Topliss-reactive ketones (excluding diaryl/α,β-unsaturated/α-hetero) is 1. The number of ketones is 1. The van der Waals surface area contributed by atoms with E-state index < -0.39 is 0 Å². The van der Waals surface area contributed by atoms with Crippen LogP contribution in [0.25, 0.3) is 10.9 Å². The lowest BCUT2D eigenvalue weighted by molar-refractivity contribution is -0.121. The molecule has 3 aromatic rings. The summed E-state index contributed by atoms with van der Waals surface area (Å²) in [6, 6.07) is 15.3. The third-order valence-corrected chi connectivity index (χ3v) is 4.76. The van der Waals surface area contributed by atoms with Gasteiger partial charge in [0.2, 0.25) is 5.91 Å². The van der Waals surface area contributed by atoms with Crippen LogP contribution < -0.4 is 5.43 Å². The summed E-state index contributed by atoms with van der Waals surface area (Å²) in [7, 11) is 0. The van der Waals surface area contributed by atoms with Crippen LogP contribution >= 0.6 is 0 Å². The number of allylic oxidation sites excluding steroid dienone is 2. The Morgan fingerprint density at radius 3 is 2.67 bits per heavy atom.